The molecule has 1 unspecified atom stereocenters. The van der Waals surface area contributed by atoms with Crippen LogP contribution in [0.4, 0.5) is 5.69 Å². The number of ether oxygens (including phenoxy) is 2. The van der Waals surface area contributed by atoms with Crippen molar-refractivity contribution in [1.82, 2.24) is 30.0 Å². The van der Waals surface area contributed by atoms with Gasteiger partial charge in [-0.2, -0.15) is 0 Å². The zero-order chi connectivity index (χ0) is 44.3. The molecule has 3 aliphatic rings. The highest BCUT2D eigenvalue weighted by Gasteiger charge is 2.45. The molecule has 0 radical (unpaired) electrons. The van der Waals surface area contributed by atoms with Crippen LogP contribution in [0.2, 0.25) is 0 Å². The summed E-state index contributed by atoms with van der Waals surface area (Å²) in [6.45, 7) is 3.26. The number of nitrogens with one attached hydrogen (secondary N) is 3. The molecule has 0 aliphatic carbocycles. The van der Waals surface area contributed by atoms with E-state index in [9.17, 15) is 28.8 Å². The maximum atomic E-state index is 13.3. The van der Waals surface area contributed by atoms with Crippen LogP contribution < -0.4 is 31.0 Å². The molecule has 3 aliphatic heterocycles. The van der Waals surface area contributed by atoms with Crippen LogP contribution in [0.3, 0.4) is 0 Å². The smallest absolute Gasteiger partial charge is 0.290 e. The van der Waals surface area contributed by atoms with Gasteiger partial charge >= 0.3 is 0 Å². The van der Waals surface area contributed by atoms with Crippen LogP contribution in [0.5, 0.6) is 11.5 Å². The number of hydrogen-bond acceptors (Lipinski definition) is 12. The molecule has 0 bridgehead atoms. The molecule has 2 aromatic carbocycles. The third-order valence-electron chi connectivity index (χ3n) is 11.5. The van der Waals surface area contributed by atoms with Crippen molar-refractivity contribution >= 4 is 52.5 Å². The Kier molecular flexibility index (Phi) is 15.0. The van der Waals surface area contributed by atoms with Crippen LogP contribution in [0.25, 0.3) is 21.9 Å². The molecule has 1 atom stereocenters. The van der Waals surface area contributed by atoms with E-state index in [0.29, 0.717) is 48.6 Å². The van der Waals surface area contributed by atoms with Crippen molar-refractivity contribution in [2.24, 2.45) is 13.0 Å². The Bertz CT molecular complexity index is 2370. The lowest BCUT2D eigenvalue weighted by molar-refractivity contribution is -0.136. The summed E-state index contributed by atoms with van der Waals surface area (Å²) in [5.74, 6) is -0.306. The van der Waals surface area contributed by atoms with E-state index in [0.717, 1.165) is 78.6 Å². The molecule has 2 fully saturated rings. The number of nitrogens with zero attached hydrogens (tertiary/aromatic N) is 4. The summed E-state index contributed by atoms with van der Waals surface area (Å²) in [6, 6.07) is 9.89. The average molecular weight is 852 g/mol. The first-order valence-electron chi connectivity index (χ1n) is 20.8. The highest BCUT2D eigenvalue weighted by atomic mass is 16.5. The number of methoxy groups -OCH3 is 2. The Morgan fingerprint density at radius 2 is 1.60 bits per heavy atom. The largest absolute Gasteiger partial charge is 0.496 e. The molecule has 17 heteroatoms. The second kappa shape index (κ2) is 20.8. The normalized spacial score (nSPS) is 16.2. The SMILES string of the molecule is COc1cc(-c2cn(C)c(=O)c3cnccc23)cc(OC)c1CN1CC(CC(=O)NCCCCCCCCNc2cccc3c2C(=O)N(C2CCC(=O)NC2=O)C3=O)C1.O=CO. The number of anilines is 1. The third-order valence-corrected chi connectivity index (χ3v) is 11.5. The molecule has 0 spiro atoms. The van der Waals surface area contributed by atoms with Crippen LogP contribution in [0.1, 0.15) is 84.1 Å². The van der Waals surface area contributed by atoms with Crippen LogP contribution >= 0.6 is 0 Å². The Labute approximate surface area is 358 Å². The van der Waals surface area contributed by atoms with Gasteiger partial charge in [-0.05, 0) is 66.5 Å². The number of aryl methyl sites for hydroxylation is 1. The number of carbonyl (C=O) groups is 6. The number of amides is 5. The van der Waals surface area contributed by atoms with E-state index in [1.807, 2.05) is 24.4 Å². The molecular formula is C45H53N7O10. The molecule has 17 nitrogen and oxygen atoms in total. The molecule has 5 heterocycles. The zero-order valence-electron chi connectivity index (χ0n) is 35.2. The minimum absolute atomic E-state index is 0.0766. The summed E-state index contributed by atoms with van der Waals surface area (Å²) in [5, 5.41) is 16.9. The van der Waals surface area contributed by atoms with Gasteiger partial charge in [0.15, 0.2) is 0 Å². The summed E-state index contributed by atoms with van der Waals surface area (Å²) < 4.78 is 13.2. The number of pyridine rings is 2. The molecular weight excluding hydrogens is 799 g/mol. The fourth-order valence-electron chi connectivity index (χ4n) is 8.40. The molecule has 328 valence electrons. The Morgan fingerprint density at radius 1 is 0.919 bits per heavy atom. The maximum Gasteiger partial charge on any atom is 0.290 e. The van der Waals surface area contributed by atoms with Gasteiger partial charge in [-0.1, -0.05) is 31.7 Å². The molecule has 2 saturated heterocycles. The van der Waals surface area contributed by atoms with Gasteiger partial charge < -0.3 is 29.8 Å². The van der Waals surface area contributed by atoms with Crippen molar-refractivity contribution in [2.75, 3.05) is 45.7 Å². The molecule has 2 aromatic heterocycles. The lowest BCUT2D eigenvalue weighted by Crippen LogP contribution is -2.54. The second-order valence-corrected chi connectivity index (χ2v) is 15.7. The van der Waals surface area contributed by atoms with Crippen LogP contribution in [0, 0.1) is 5.92 Å². The van der Waals surface area contributed by atoms with E-state index in [4.69, 9.17) is 19.4 Å². The number of aromatic nitrogens is 2. The standard InChI is InChI=1S/C44H51N7O8.CH2O2/c1-49-25-32(29-15-18-45-22-31(29)42(49)55)28-20-36(58-2)33(37(21-28)59-3)26-50-23-27(24-50)19-39(53)47-17-9-7-5-4-6-8-16-46-34-12-10-11-30-40(34)44(57)51(43(30)56)35-13-14-38(52)48-41(35)54;2-1-3/h10-12,15,18,20-22,25,27,35,46H,4-9,13-14,16-17,19,23-24,26H2,1-3H3,(H,47,53)(H,48,52,54);1H,(H,2,3). The number of benzene rings is 2. The number of likely N-dealkylation sites (tertiary alicyclic amines) is 1. The average Bonchev–Trinajstić information content (AvgIpc) is 3.50. The summed E-state index contributed by atoms with van der Waals surface area (Å²) >= 11 is 0. The van der Waals surface area contributed by atoms with E-state index in [-0.39, 0.29) is 47.8 Å². The predicted molar refractivity (Wildman–Crippen MR) is 230 cm³/mol. The van der Waals surface area contributed by atoms with Crippen LogP contribution in [-0.4, -0.2) is 107 Å². The summed E-state index contributed by atoms with van der Waals surface area (Å²) in [4.78, 5) is 91.5. The molecule has 5 amide bonds. The number of imide groups is 2. The highest BCUT2D eigenvalue weighted by Crippen LogP contribution is 2.39. The molecule has 62 heavy (non-hydrogen) atoms. The quantitative estimate of drug-likeness (QED) is 0.0631. The topological polar surface area (TPSA) is 219 Å². The van der Waals surface area contributed by atoms with Crippen molar-refractivity contribution in [1.29, 1.82) is 0 Å². The van der Waals surface area contributed by atoms with Crippen molar-refractivity contribution in [3.8, 4) is 22.6 Å². The molecule has 4 aromatic rings. The Morgan fingerprint density at radius 3 is 2.27 bits per heavy atom. The van der Waals surface area contributed by atoms with Gasteiger partial charge in [0.1, 0.15) is 17.5 Å². The van der Waals surface area contributed by atoms with E-state index in [1.54, 1.807) is 56.4 Å². The van der Waals surface area contributed by atoms with E-state index in [2.05, 4.69) is 25.8 Å². The monoisotopic (exact) mass is 851 g/mol. The van der Waals surface area contributed by atoms with E-state index >= 15 is 0 Å². The van der Waals surface area contributed by atoms with Gasteiger partial charge in [0.2, 0.25) is 17.7 Å². The van der Waals surface area contributed by atoms with Gasteiger partial charge in [0.05, 0.1) is 36.3 Å². The van der Waals surface area contributed by atoms with E-state index < -0.39 is 29.7 Å². The van der Waals surface area contributed by atoms with Gasteiger partial charge in [-0.25, -0.2) is 0 Å². The first-order valence-corrected chi connectivity index (χ1v) is 20.8. The minimum Gasteiger partial charge on any atom is -0.496 e. The van der Waals surface area contributed by atoms with Crippen molar-refractivity contribution in [3.05, 3.63) is 82.0 Å². The molecule has 0 saturated carbocycles. The maximum absolute atomic E-state index is 13.3. The number of fused-ring (bicyclic) bond motifs is 2. The van der Waals surface area contributed by atoms with Crippen LogP contribution in [-0.2, 0) is 32.8 Å². The number of carbonyl (C=O) groups excluding carboxylic acids is 5. The number of hydrogen-bond donors (Lipinski definition) is 4. The summed E-state index contributed by atoms with van der Waals surface area (Å²) in [5.41, 5.74) is 3.68. The highest BCUT2D eigenvalue weighted by molar-refractivity contribution is 6.25. The van der Waals surface area contributed by atoms with Gasteiger partial charge in [-0.3, -0.25) is 53.7 Å². The number of unbranched alkanes of at least 4 members (excludes halogenated alkanes) is 5. The fourth-order valence-corrected chi connectivity index (χ4v) is 8.40. The first-order chi connectivity index (χ1) is 30.0. The summed E-state index contributed by atoms with van der Waals surface area (Å²) in [6.07, 6.45) is 11.7. The van der Waals surface area contributed by atoms with Gasteiger partial charge in [0, 0.05) is 82.5 Å². The summed E-state index contributed by atoms with van der Waals surface area (Å²) in [7, 11) is 5.01. The Hall–Kier alpha value is -6.62. The number of carboxylic acid groups (broad SMARTS) is 1. The molecule has 7 rings (SSSR count). The third kappa shape index (κ3) is 10.1. The lowest BCUT2D eigenvalue weighted by atomic mass is 9.94. The van der Waals surface area contributed by atoms with Gasteiger partial charge in [0.25, 0.3) is 23.8 Å². The number of rotatable bonds is 18. The van der Waals surface area contributed by atoms with Crippen molar-refractivity contribution in [3.63, 3.8) is 0 Å². The van der Waals surface area contributed by atoms with E-state index in [1.165, 1.54) is 0 Å². The van der Waals surface area contributed by atoms with Gasteiger partial charge in [-0.15, -0.1) is 0 Å². The zero-order valence-corrected chi connectivity index (χ0v) is 35.2. The lowest BCUT2D eigenvalue weighted by Gasteiger charge is -2.39. The number of piperidine rings is 1. The molecule has 4 N–H and O–H groups in total. The minimum atomic E-state index is -0.990. The van der Waals surface area contributed by atoms with Crippen molar-refractivity contribution in [2.45, 2.75) is 70.4 Å². The van der Waals surface area contributed by atoms with Crippen LogP contribution in [0.15, 0.2) is 59.8 Å². The second-order valence-electron chi connectivity index (χ2n) is 15.7. The van der Waals surface area contributed by atoms with Crippen molar-refractivity contribution < 1.29 is 43.3 Å². The first kappa shape index (κ1) is 44.9. The predicted octanol–water partition coefficient (Wildman–Crippen LogP) is 4.11. The Balaban J connectivity index is 0.00000208. The fraction of sp³-hybridized carbons (Fsp3) is 0.422.